The van der Waals surface area contributed by atoms with Crippen LogP contribution in [-0.4, -0.2) is 61.1 Å². The fourth-order valence-electron chi connectivity index (χ4n) is 4.66. The van der Waals surface area contributed by atoms with Crippen LogP contribution in [0.3, 0.4) is 0 Å². The van der Waals surface area contributed by atoms with E-state index in [0.717, 1.165) is 50.6 Å². The summed E-state index contributed by atoms with van der Waals surface area (Å²) in [6, 6.07) is 10.7. The Morgan fingerprint density at radius 1 is 1.08 bits per heavy atom. The first kappa shape index (κ1) is 49.9. The zero-order valence-corrected chi connectivity index (χ0v) is 33.0. The molecule has 49 heavy (non-hydrogen) atoms. The Morgan fingerprint density at radius 2 is 1.59 bits per heavy atom. The van der Waals surface area contributed by atoms with Gasteiger partial charge in [0.25, 0.3) is 0 Å². The topological polar surface area (TPSA) is 90.8 Å². The van der Waals surface area contributed by atoms with Crippen LogP contribution in [0.5, 0.6) is 0 Å². The van der Waals surface area contributed by atoms with Crippen LogP contribution in [0.1, 0.15) is 103 Å². The number of allylic oxidation sites excluding steroid dienone is 1. The van der Waals surface area contributed by atoms with E-state index < -0.39 is 23.1 Å². The minimum atomic E-state index is -0.936. The number of alkyl halides is 1. The van der Waals surface area contributed by atoms with Crippen molar-refractivity contribution in [1.82, 2.24) is 4.90 Å². The fraction of sp³-hybridized carbons (Fsp3) is 0.513. The minimum absolute atomic E-state index is 0.333. The van der Waals surface area contributed by atoms with E-state index in [-0.39, 0.29) is 0 Å². The van der Waals surface area contributed by atoms with E-state index in [9.17, 15) is 18.4 Å². The van der Waals surface area contributed by atoms with Gasteiger partial charge in [0.05, 0.1) is 23.9 Å². The molecule has 1 aliphatic rings. The Bertz CT molecular complexity index is 1300. The molecular weight excluding hydrogens is 643 g/mol. The van der Waals surface area contributed by atoms with Crippen molar-refractivity contribution in [3.8, 4) is 0 Å². The number of carbonyl (C=O) groups excluding carboxylic acids is 3. The lowest BCUT2D eigenvalue weighted by Gasteiger charge is -2.41. The van der Waals surface area contributed by atoms with Crippen molar-refractivity contribution >= 4 is 38.7 Å². The number of carbonyl (C=O) groups is 2. The number of halogens is 2. The molecule has 0 radical (unpaired) electrons. The molecule has 0 spiro atoms. The molecule has 2 unspecified atom stereocenters. The SMILES string of the molecule is C=C=O.C=CCC.CC.CCN(C(=O)OC(C)(C)C)c1cc(F)cc(C(C)(C=O)N2CCCCC2)c1C.CF.Cc1cccc(C(=N)P)c1. The molecule has 1 fully saturated rings. The van der Waals surface area contributed by atoms with Gasteiger partial charge in [0.2, 0.25) is 0 Å². The molecule has 0 bridgehead atoms. The van der Waals surface area contributed by atoms with E-state index in [2.05, 4.69) is 34.2 Å². The van der Waals surface area contributed by atoms with Crippen molar-refractivity contribution < 1.29 is 27.9 Å². The standard InChI is InChI=1S/C22H33FN2O3.C8H10NP.C4H8.C2H2O.C2H6.CH3F/c1-7-25(20(27)28-21(3,4)5)19-14-17(23)13-18(16(19)2)22(6,15-26)24-11-9-8-10-12-24;1-6-3-2-4-7(5-6)8(9)10;1-3-4-2;1-2-3;2*1-2/h13-15H,7-12H2,1-6H3;2-5,9H,10H2,1H3;3H,1,4H2,2H3;1H2;1-2H3;1H3. The Balaban J connectivity index is -0.000000823. The number of ether oxygens (including phenoxy) is 1. The number of rotatable bonds is 7. The number of aldehydes is 1. The summed E-state index contributed by atoms with van der Waals surface area (Å²) in [5.74, 6) is 0.780. The van der Waals surface area contributed by atoms with Crippen LogP contribution < -0.4 is 4.90 Å². The molecule has 2 atom stereocenters. The van der Waals surface area contributed by atoms with Gasteiger partial charge in [-0.15, -0.1) is 6.58 Å². The molecule has 10 heteroatoms. The zero-order chi connectivity index (χ0) is 38.8. The summed E-state index contributed by atoms with van der Waals surface area (Å²) in [5, 5.41) is 7.30. The minimum Gasteiger partial charge on any atom is -0.443 e. The first-order valence-corrected chi connectivity index (χ1v) is 17.2. The van der Waals surface area contributed by atoms with Crippen molar-refractivity contribution in [3.05, 3.63) is 83.7 Å². The lowest BCUT2D eigenvalue weighted by molar-refractivity contribution is -0.119. The van der Waals surface area contributed by atoms with Gasteiger partial charge < -0.3 is 14.9 Å². The molecule has 0 aromatic heterocycles. The smallest absolute Gasteiger partial charge is 0.414 e. The number of anilines is 1. The van der Waals surface area contributed by atoms with E-state index in [4.69, 9.17) is 14.9 Å². The second kappa shape index (κ2) is 27.3. The van der Waals surface area contributed by atoms with Gasteiger partial charge in [-0.2, -0.15) is 0 Å². The van der Waals surface area contributed by atoms with Gasteiger partial charge in [-0.05, 0) is 122 Å². The number of hydrogen-bond donors (Lipinski definition) is 1. The average molecular weight is 706 g/mol. The van der Waals surface area contributed by atoms with Crippen molar-refractivity contribution in [2.75, 3.05) is 31.7 Å². The molecule has 1 amide bonds. The lowest BCUT2D eigenvalue weighted by Crippen LogP contribution is -2.48. The van der Waals surface area contributed by atoms with E-state index >= 15 is 0 Å². The molecule has 276 valence electrons. The number of amides is 1. The van der Waals surface area contributed by atoms with Crippen LogP contribution >= 0.6 is 9.24 Å². The Kier molecular flexibility index (Phi) is 27.8. The van der Waals surface area contributed by atoms with Gasteiger partial charge in [0.15, 0.2) is 0 Å². The van der Waals surface area contributed by atoms with E-state index in [1.807, 2.05) is 71.9 Å². The average Bonchev–Trinajstić information content (AvgIpc) is 3.08. The van der Waals surface area contributed by atoms with Crippen LogP contribution in [-0.2, 0) is 19.9 Å². The van der Waals surface area contributed by atoms with Gasteiger partial charge in [0.1, 0.15) is 23.6 Å². The molecule has 3 rings (SSSR count). The largest absolute Gasteiger partial charge is 0.443 e. The highest BCUT2D eigenvalue weighted by atomic mass is 31.0. The maximum Gasteiger partial charge on any atom is 0.414 e. The first-order chi connectivity index (χ1) is 23.1. The Labute approximate surface area is 297 Å². The number of benzene rings is 2. The predicted molar refractivity (Wildman–Crippen MR) is 207 cm³/mol. The number of nitrogens with one attached hydrogen (secondary N) is 1. The molecule has 1 saturated heterocycles. The third-order valence-corrected chi connectivity index (χ3v) is 7.30. The Hall–Kier alpha value is -3.51. The van der Waals surface area contributed by atoms with Crippen LogP contribution in [0.15, 0.2) is 55.6 Å². The number of hydrogen-bond acceptors (Lipinski definition) is 6. The summed E-state index contributed by atoms with van der Waals surface area (Å²) in [5.41, 5.74) is 2.89. The van der Waals surface area contributed by atoms with Gasteiger partial charge in [-0.1, -0.05) is 66.3 Å². The molecule has 2 aromatic rings. The predicted octanol–water partition coefficient (Wildman–Crippen LogP) is 10.2. The third-order valence-electron chi connectivity index (χ3n) is 6.97. The van der Waals surface area contributed by atoms with E-state index in [1.165, 1.54) is 28.5 Å². The molecular formula is C39H62F2N3O4P. The second-order valence-electron chi connectivity index (χ2n) is 11.8. The monoisotopic (exact) mass is 705 g/mol. The fourth-order valence-corrected chi connectivity index (χ4v) is 4.84. The molecule has 7 nitrogen and oxygen atoms in total. The van der Waals surface area contributed by atoms with Crippen LogP contribution in [0, 0.1) is 25.1 Å². The molecule has 2 aromatic carbocycles. The summed E-state index contributed by atoms with van der Waals surface area (Å²) in [6.45, 7) is 27.0. The molecule has 0 saturated carbocycles. The maximum atomic E-state index is 14.6. The number of aryl methyl sites for hydroxylation is 1. The highest BCUT2D eigenvalue weighted by molar-refractivity contribution is 7.41. The summed E-state index contributed by atoms with van der Waals surface area (Å²) >= 11 is 0. The first-order valence-electron chi connectivity index (χ1n) is 16.6. The highest BCUT2D eigenvalue weighted by Gasteiger charge is 2.37. The number of nitrogens with zero attached hydrogens (tertiary/aromatic N) is 2. The van der Waals surface area contributed by atoms with Crippen LogP contribution in [0.4, 0.5) is 19.3 Å². The van der Waals surface area contributed by atoms with Crippen LogP contribution in [0.2, 0.25) is 0 Å². The van der Waals surface area contributed by atoms with Crippen molar-refractivity contribution in [1.29, 1.82) is 5.41 Å². The zero-order valence-electron chi connectivity index (χ0n) is 31.8. The van der Waals surface area contributed by atoms with E-state index in [1.54, 1.807) is 20.8 Å². The maximum absolute atomic E-state index is 14.6. The number of piperidine rings is 1. The van der Waals surface area contributed by atoms with Gasteiger partial charge in [-0.25, -0.2) is 14.0 Å². The van der Waals surface area contributed by atoms with Crippen molar-refractivity contribution in [3.63, 3.8) is 0 Å². The molecule has 1 N–H and O–H groups in total. The molecule has 0 aliphatic carbocycles. The van der Waals surface area contributed by atoms with Crippen molar-refractivity contribution in [2.24, 2.45) is 0 Å². The van der Waals surface area contributed by atoms with Gasteiger partial charge >= 0.3 is 6.09 Å². The van der Waals surface area contributed by atoms with Crippen LogP contribution in [0.25, 0.3) is 0 Å². The van der Waals surface area contributed by atoms with E-state index in [0.29, 0.717) is 36.0 Å². The molecule has 1 aliphatic heterocycles. The normalized spacial score (nSPS) is 12.9. The quantitative estimate of drug-likeness (QED) is 0.102. The molecule has 1 heterocycles. The second-order valence-corrected chi connectivity index (χ2v) is 12.3. The highest BCUT2D eigenvalue weighted by Crippen LogP contribution is 2.36. The van der Waals surface area contributed by atoms with Crippen molar-refractivity contribution in [2.45, 2.75) is 106 Å². The van der Waals surface area contributed by atoms with Gasteiger partial charge in [0, 0.05) is 6.54 Å². The summed E-state index contributed by atoms with van der Waals surface area (Å²) in [4.78, 5) is 37.0. The summed E-state index contributed by atoms with van der Waals surface area (Å²) in [6.07, 6.45) is 6.50. The summed E-state index contributed by atoms with van der Waals surface area (Å²) in [7, 11) is 2.88. The third kappa shape index (κ3) is 18.7. The summed E-state index contributed by atoms with van der Waals surface area (Å²) < 4.78 is 29.6. The Morgan fingerprint density at radius 3 is 1.96 bits per heavy atom. The number of likely N-dealkylation sites (tertiary alicyclic amines) is 1. The lowest BCUT2D eigenvalue weighted by atomic mass is 9.85. The van der Waals surface area contributed by atoms with Gasteiger partial charge in [-0.3, -0.25) is 14.2 Å².